The van der Waals surface area contributed by atoms with Crippen molar-refractivity contribution in [3.8, 4) is 11.5 Å². The van der Waals surface area contributed by atoms with E-state index in [2.05, 4.69) is 10.3 Å². The van der Waals surface area contributed by atoms with E-state index in [0.29, 0.717) is 16.8 Å². The number of nitrogens with zero attached hydrogens (tertiary/aromatic N) is 2. The normalized spacial score (nSPS) is 19.2. The standard InChI is InChI=1S/C20H15F2N3O3/c1-20(13-5-7-14(21)8-6-13)18(26)25(19(27)24-20)10-16-11-28-17(23-16)12-3-2-4-15(22)9-12/h2-9,11H,10H2,1H3,(H,24,27). The predicted octanol–water partition coefficient (Wildman–Crippen LogP) is 3.59. The van der Waals surface area contributed by atoms with Crippen LogP contribution in [0.4, 0.5) is 13.6 Å². The van der Waals surface area contributed by atoms with Crippen LogP contribution >= 0.6 is 0 Å². The Kier molecular flexibility index (Phi) is 4.18. The first-order valence-corrected chi connectivity index (χ1v) is 8.47. The molecule has 1 atom stereocenters. The van der Waals surface area contributed by atoms with Gasteiger partial charge >= 0.3 is 6.03 Å². The molecule has 1 fully saturated rings. The zero-order valence-electron chi connectivity index (χ0n) is 14.8. The van der Waals surface area contributed by atoms with Gasteiger partial charge in [-0.1, -0.05) is 18.2 Å². The van der Waals surface area contributed by atoms with Crippen molar-refractivity contribution in [1.82, 2.24) is 15.2 Å². The number of carbonyl (C=O) groups is 2. The van der Waals surface area contributed by atoms with Gasteiger partial charge in [0.1, 0.15) is 23.4 Å². The van der Waals surface area contributed by atoms with E-state index in [1.807, 2.05) is 0 Å². The molecule has 1 saturated heterocycles. The van der Waals surface area contributed by atoms with Gasteiger partial charge in [-0.25, -0.2) is 18.6 Å². The number of hydrogen-bond donors (Lipinski definition) is 1. The van der Waals surface area contributed by atoms with Crippen molar-refractivity contribution in [1.29, 1.82) is 0 Å². The van der Waals surface area contributed by atoms with Crippen LogP contribution in [0.1, 0.15) is 18.2 Å². The topological polar surface area (TPSA) is 75.4 Å². The molecular weight excluding hydrogens is 368 g/mol. The molecule has 1 aromatic heterocycles. The first kappa shape index (κ1) is 17.8. The molecule has 1 N–H and O–H groups in total. The Morgan fingerprint density at radius 2 is 1.86 bits per heavy atom. The number of carbonyl (C=O) groups excluding carboxylic acids is 2. The van der Waals surface area contributed by atoms with Gasteiger partial charge < -0.3 is 9.73 Å². The summed E-state index contributed by atoms with van der Waals surface area (Å²) in [6.45, 7) is 1.45. The van der Waals surface area contributed by atoms with Crippen molar-refractivity contribution in [3.63, 3.8) is 0 Å². The van der Waals surface area contributed by atoms with Crippen LogP contribution in [-0.2, 0) is 16.9 Å². The molecule has 142 valence electrons. The van der Waals surface area contributed by atoms with Gasteiger partial charge in [0.15, 0.2) is 0 Å². The number of hydrogen-bond acceptors (Lipinski definition) is 4. The molecule has 1 aliphatic rings. The van der Waals surface area contributed by atoms with Gasteiger partial charge in [-0.15, -0.1) is 0 Å². The molecular formula is C20H15F2N3O3. The van der Waals surface area contributed by atoms with Gasteiger partial charge in [-0.2, -0.15) is 0 Å². The molecule has 2 heterocycles. The number of nitrogens with one attached hydrogen (secondary N) is 1. The van der Waals surface area contributed by atoms with E-state index in [4.69, 9.17) is 4.42 Å². The molecule has 3 aromatic rings. The Labute approximate surface area is 158 Å². The Morgan fingerprint density at radius 3 is 2.57 bits per heavy atom. The number of aromatic nitrogens is 1. The fourth-order valence-corrected chi connectivity index (χ4v) is 3.12. The second kappa shape index (κ2) is 6.56. The van der Waals surface area contributed by atoms with Crippen LogP contribution in [0.25, 0.3) is 11.5 Å². The predicted molar refractivity (Wildman–Crippen MR) is 94.7 cm³/mol. The first-order chi connectivity index (χ1) is 13.4. The van der Waals surface area contributed by atoms with Crippen LogP contribution in [0.2, 0.25) is 0 Å². The maximum absolute atomic E-state index is 13.4. The van der Waals surface area contributed by atoms with Crippen molar-refractivity contribution in [2.75, 3.05) is 0 Å². The second-order valence-corrected chi connectivity index (χ2v) is 6.61. The Balaban J connectivity index is 1.56. The zero-order chi connectivity index (χ0) is 19.9. The maximum atomic E-state index is 13.4. The van der Waals surface area contributed by atoms with Crippen molar-refractivity contribution in [2.24, 2.45) is 0 Å². The average Bonchev–Trinajstić information content (AvgIpc) is 3.22. The zero-order valence-corrected chi connectivity index (χ0v) is 14.8. The third-order valence-electron chi connectivity index (χ3n) is 4.64. The van der Waals surface area contributed by atoms with Gasteiger partial charge in [0.2, 0.25) is 5.89 Å². The third-order valence-corrected chi connectivity index (χ3v) is 4.64. The summed E-state index contributed by atoms with van der Waals surface area (Å²) >= 11 is 0. The second-order valence-electron chi connectivity index (χ2n) is 6.61. The highest BCUT2D eigenvalue weighted by atomic mass is 19.1. The molecule has 1 aliphatic heterocycles. The monoisotopic (exact) mass is 383 g/mol. The first-order valence-electron chi connectivity index (χ1n) is 8.47. The van der Waals surface area contributed by atoms with Crippen molar-refractivity contribution >= 4 is 11.9 Å². The van der Waals surface area contributed by atoms with Gasteiger partial charge in [-0.05, 0) is 42.8 Å². The van der Waals surface area contributed by atoms with Gasteiger partial charge in [-0.3, -0.25) is 9.69 Å². The fraction of sp³-hybridized carbons (Fsp3) is 0.150. The van der Waals surface area contributed by atoms with Crippen molar-refractivity contribution in [3.05, 3.63) is 77.7 Å². The quantitative estimate of drug-likeness (QED) is 0.699. The van der Waals surface area contributed by atoms with E-state index in [1.54, 1.807) is 13.0 Å². The molecule has 0 aliphatic carbocycles. The van der Waals surface area contributed by atoms with Crippen LogP contribution < -0.4 is 5.32 Å². The van der Waals surface area contributed by atoms with E-state index in [-0.39, 0.29) is 12.4 Å². The lowest BCUT2D eigenvalue weighted by atomic mass is 9.92. The van der Waals surface area contributed by atoms with E-state index in [9.17, 15) is 18.4 Å². The van der Waals surface area contributed by atoms with Crippen molar-refractivity contribution in [2.45, 2.75) is 19.0 Å². The number of amides is 3. The van der Waals surface area contributed by atoms with E-state index in [1.165, 1.54) is 48.7 Å². The minimum Gasteiger partial charge on any atom is -0.444 e. The Hall–Kier alpha value is -3.55. The number of rotatable bonds is 4. The molecule has 3 amide bonds. The number of urea groups is 1. The molecule has 28 heavy (non-hydrogen) atoms. The summed E-state index contributed by atoms with van der Waals surface area (Å²) in [6.07, 6.45) is 1.31. The largest absolute Gasteiger partial charge is 0.444 e. The molecule has 1 unspecified atom stereocenters. The van der Waals surface area contributed by atoms with Crippen molar-refractivity contribution < 1.29 is 22.8 Å². The van der Waals surface area contributed by atoms with Gasteiger partial charge in [0.05, 0.1) is 12.2 Å². The molecule has 2 aromatic carbocycles. The summed E-state index contributed by atoms with van der Waals surface area (Å²) in [6, 6.07) is 10.5. The molecule has 0 radical (unpaired) electrons. The van der Waals surface area contributed by atoms with Crippen LogP contribution in [0, 0.1) is 11.6 Å². The van der Waals surface area contributed by atoms with Crippen LogP contribution in [0.5, 0.6) is 0 Å². The Morgan fingerprint density at radius 1 is 1.11 bits per heavy atom. The molecule has 8 heteroatoms. The summed E-state index contributed by atoms with van der Waals surface area (Å²) in [5.74, 6) is -1.17. The number of benzene rings is 2. The van der Waals surface area contributed by atoms with Crippen LogP contribution in [-0.4, -0.2) is 21.8 Å². The summed E-state index contributed by atoms with van der Waals surface area (Å²) in [5, 5.41) is 2.64. The molecule has 0 saturated carbocycles. The highest BCUT2D eigenvalue weighted by Gasteiger charge is 2.49. The number of imide groups is 1. The highest BCUT2D eigenvalue weighted by Crippen LogP contribution is 2.30. The number of halogens is 2. The maximum Gasteiger partial charge on any atom is 0.325 e. The lowest BCUT2D eigenvalue weighted by Crippen LogP contribution is -2.40. The summed E-state index contributed by atoms with van der Waals surface area (Å²) in [4.78, 5) is 30.5. The van der Waals surface area contributed by atoms with Crippen LogP contribution in [0.15, 0.2) is 59.2 Å². The van der Waals surface area contributed by atoms with E-state index in [0.717, 1.165) is 4.90 Å². The number of oxazole rings is 1. The minimum absolute atomic E-state index is 0.111. The fourth-order valence-electron chi connectivity index (χ4n) is 3.12. The summed E-state index contributed by atoms with van der Waals surface area (Å²) in [7, 11) is 0. The summed E-state index contributed by atoms with van der Waals surface area (Å²) < 4.78 is 31.9. The lowest BCUT2D eigenvalue weighted by Gasteiger charge is -2.22. The molecule has 0 spiro atoms. The molecule has 6 nitrogen and oxygen atoms in total. The third kappa shape index (κ3) is 3.02. The van der Waals surface area contributed by atoms with E-state index >= 15 is 0 Å². The van der Waals surface area contributed by atoms with Gasteiger partial charge in [0, 0.05) is 5.56 Å². The van der Waals surface area contributed by atoms with Crippen LogP contribution in [0.3, 0.4) is 0 Å². The SMILES string of the molecule is CC1(c2ccc(F)cc2)NC(=O)N(Cc2coc(-c3cccc(F)c3)n2)C1=O. The molecule has 4 rings (SSSR count). The lowest BCUT2D eigenvalue weighted by molar-refractivity contribution is -0.131. The highest BCUT2D eigenvalue weighted by molar-refractivity contribution is 6.07. The molecule has 0 bridgehead atoms. The smallest absolute Gasteiger partial charge is 0.325 e. The Bertz CT molecular complexity index is 1060. The van der Waals surface area contributed by atoms with Gasteiger partial charge in [0.25, 0.3) is 5.91 Å². The summed E-state index contributed by atoms with van der Waals surface area (Å²) in [5.41, 5.74) is -0.0547. The average molecular weight is 383 g/mol. The minimum atomic E-state index is -1.31. The van der Waals surface area contributed by atoms with E-state index < -0.39 is 29.1 Å².